The number of aliphatic carboxylic acids is 1. The van der Waals surface area contributed by atoms with Gasteiger partial charge in [0.1, 0.15) is 11.8 Å². The minimum Gasteiger partial charge on any atom is -0.482 e. The Morgan fingerprint density at radius 3 is 2.63 bits per heavy atom. The molecular formula is C22H23ClN2O5. The summed E-state index contributed by atoms with van der Waals surface area (Å²) in [6.45, 7) is 1.73. The van der Waals surface area contributed by atoms with E-state index in [9.17, 15) is 14.4 Å². The van der Waals surface area contributed by atoms with Crippen molar-refractivity contribution in [3.05, 3.63) is 58.6 Å². The van der Waals surface area contributed by atoms with Gasteiger partial charge in [0.25, 0.3) is 5.91 Å². The number of nitrogens with zero attached hydrogens (tertiary/aromatic N) is 1. The van der Waals surface area contributed by atoms with Crippen LogP contribution in [0.4, 0.5) is 5.69 Å². The van der Waals surface area contributed by atoms with Crippen LogP contribution in [0.25, 0.3) is 0 Å². The van der Waals surface area contributed by atoms with Gasteiger partial charge in [-0.1, -0.05) is 29.8 Å². The first-order valence-corrected chi connectivity index (χ1v) is 10.1. The molecule has 1 saturated heterocycles. The van der Waals surface area contributed by atoms with Gasteiger partial charge in [0.05, 0.1) is 10.7 Å². The highest BCUT2D eigenvalue weighted by Gasteiger charge is 2.33. The van der Waals surface area contributed by atoms with E-state index < -0.39 is 18.6 Å². The van der Waals surface area contributed by atoms with Gasteiger partial charge >= 0.3 is 5.97 Å². The first-order chi connectivity index (χ1) is 14.4. The molecule has 8 heteroatoms. The zero-order valence-corrected chi connectivity index (χ0v) is 17.3. The van der Waals surface area contributed by atoms with Crippen molar-refractivity contribution < 1.29 is 24.2 Å². The highest BCUT2D eigenvalue weighted by molar-refractivity contribution is 6.34. The molecular weight excluding hydrogens is 408 g/mol. The highest BCUT2D eigenvalue weighted by atomic mass is 35.5. The number of piperidine rings is 1. The number of carbonyl (C=O) groups is 3. The van der Waals surface area contributed by atoms with Gasteiger partial charge in [0.15, 0.2) is 6.61 Å². The minimum absolute atomic E-state index is 0.184. The first-order valence-electron chi connectivity index (χ1n) is 9.68. The molecule has 2 aromatic rings. The van der Waals surface area contributed by atoms with Crippen molar-refractivity contribution in [2.45, 2.75) is 32.2 Å². The summed E-state index contributed by atoms with van der Waals surface area (Å²) >= 11 is 6.27. The van der Waals surface area contributed by atoms with E-state index in [2.05, 4.69) is 5.32 Å². The number of hydrogen-bond donors (Lipinski definition) is 2. The van der Waals surface area contributed by atoms with Gasteiger partial charge in [0, 0.05) is 18.2 Å². The van der Waals surface area contributed by atoms with Crippen LogP contribution in [-0.2, 0) is 9.59 Å². The molecule has 30 heavy (non-hydrogen) atoms. The molecule has 0 saturated carbocycles. The SMILES string of the molecule is Cc1cc(Cl)c(NC(=O)[C@@H]2CCCCN2C(=O)c2ccccc2)cc1OCC(=O)O. The van der Waals surface area contributed by atoms with Crippen molar-refractivity contribution in [1.82, 2.24) is 4.90 Å². The third-order valence-electron chi connectivity index (χ3n) is 4.96. The Morgan fingerprint density at radius 2 is 1.93 bits per heavy atom. The Bertz CT molecular complexity index is 948. The van der Waals surface area contributed by atoms with Crippen LogP contribution >= 0.6 is 11.6 Å². The van der Waals surface area contributed by atoms with Gasteiger partial charge in [-0.05, 0) is 49.9 Å². The third kappa shape index (κ3) is 5.10. The molecule has 1 aliphatic heterocycles. The molecule has 0 bridgehead atoms. The van der Waals surface area contributed by atoms with E-state index in [0.29, 0.717) is 40.6 Å². The average molecular weight is 431 g/mol. The Balaban J connectivity index is 1.79. The topological polar surface area (TPSA) is 95.9 Å². The predicted octanol–water partition coefficient (Wildman–Crippen LogP) is 3.75. The molecule has 1 atom stereocenters. The zero-order chi connectivity index (χ0) is 21.7. The number of hydrogen-bond acceptors (Lipinski definition) is 4. The summed E-state index contributed by atoms with van der Waals surface area (Å²) in [6, 6.07) is 11.4. The fraction of sp³-hybridized carbons (Fsp3) is 0.318. The molecule has 2 N–H and O–H groups in total. The van der Waals surface area contributed by atoms with Crippen molar-refractivity contribution in [2.75, 3.05) is 18.5 Å². The number of carboxylic acid groups (broad SMARTS) is 1. The minimum atomic E-state index is -1.10. The van der Waals surface area contributed by atoms with Gasteiger partial charge in [-0.2, -0.15) is 0 Å². The molecule has 1 fully saturated rings. The van der Waals surface area contributed by atoms with Crippen molar-refractivity contribution in [3.8, 4) is 5.75 Å². The van der Waals surface area contributed by atoms with Crippen LogP contribution in [0, 0.1) is 6.92 Å². The Labute approximate surface area is 179 Å². The third-order valence-corrected chi connectivity index (χ3v) is 5.27. The number of ether oxygens (including phenoxy) is 1. The van der Waals surface area contributed by atoms with Crippen LogP contribution in [0.3, 0.4) is 0 Å². The number of carboxylic acids is 1. The molecule has 0 unspecified atom stereocenters. The molecule has 3 rings (SSSR count). The van der Waals surface area contributed by atoms with Crippen molar-refractivity contribution in [1.29, 1.82) is 0 Å². The summed E-state index contributed by atoms with van der Waals surface area (Å²) in [4.78, 5) is 38.3. The van der Waals surface area contributed by atoms with Crippen LogP contribution in [-0.4, -0.2) is 47.0 Å². The standard InChI is InChI=1S/C22H23ClN2O5/c1-14-11-16(23)17(12-19(14)30-13-20(26)27)24-21(28)18-9-5-6-10-25(18)22(29)15-7-3-2-4-8-15/h2-4,7-8,11-12,18H,5-6,9-10,13H2,1H3,(H,24,28)(H,26,27)/t18-/m0/s1. The zero-order valence-electron chi connectivity index (χ0n) is 16.6. The van der Waals surface area contributed by atoms with Crippen LogP contribution in [0.1, 0.15) is 35.2 Å². The molecule has 0 aromatic heterocycles. The summed E-state index contributed by atoms with van der Waals surface area (Å²) in [5, 5.41) is 11.9. The number of nitrogens with one attached hydrogen (secondary N) is 1. The van der Waals surface area contributed by atoms with E-state index in [0.717, 1.165) is 12.8 Å². The molecule has 7 nitrogen and oxygen atoms in total. The van der Waals surface area contributed by atoms with E-state index in [1.807, 2.05) is 6.07 Å². The molecule has 2 amide bonds. The van der Waals surface area contributed by atoms with Gasteiger partial charge < -0.3 is 20.1 Å². The van der Waals surface area contributed by atoms with E-state index >= 15 is 0 Å². The van der Waals surface area contributed by atoms with Crippen molar-refractivity contribution in [2.24, 2.45) is 0 Å². The number of amides is 2. The summed E-state index contributed by atoms with van der Waals surface area (Å²) < 4.78 is 5.26. The second kappa shape index (κ2) is 9.63. The van der Waals surface area contributed by atoms with Gasteiger partial charge in [-0.15, -0.1) is 0 Å². The lowest BCUT2D eigenvalue weighted by molar-refractivity contribution is -0.139. The number of likely N-dealkylation sites (tertiary alicyclic amines) is 1. The van der Waals surface area contributed by atoms with Gasteiger partial charge in [-0.3, -0.25) is 9.59 Å². The maximum absolute atomic E-state index is 13.0. The van der Waals surface area contributed by atoms with Crippen LogP contribution in [0.5, 0.6) is 5.75 Å². The van der Waals surface area contributed by atoms with E-state index in [1.54, 1.807) is 42.2 Å². The van der Waals surface area contributed by atoms with Crippen LogP contribution < -0.4 is 10.1 Å². The van der Waals surface area contributed by atoms with Gasteiger partial charge in [-0.25, -0.2) is 4.79 Å². The van der Waals surface area contributed by atoms with E-state index in [4.69, 9.17) is 21.4 Å². The van der Waals surface area contributed by atoms with E-state index in [-0.39, 0.29) is 11.8 Å². The van der Waals surface area contributed by atoms with Crippen LogP contribution in [0.2, 0.25) is 5.02 Å². The number of aryl methyl sites for hydroxylation is 1. The van der Waals surface area contributed by atoms with Crippen molar-refractivity contribution in [3.63, 3.8) is 0 Å². The second-order valence-electron chi connectivity index (χ2n) is 7.15. The lowest BCUT2D eigenvalue weighted by Gasteiger charge is -2.35. The number of benzene rings is 2. The quantitative estimate of drug-likeness (QED) is 0.727. The number of anilines is 1. The lowest BCUT2D eigenvalue weighted by atomic mass is 9.99. The molecule has 1 aliphatic rings. The lowest BCUT2D eigenvalue weighted by Crippen LogP contribution is -2.50. The molecule has 158 valence electrons. The smallest absolute Gasteiger partial charge is 0.341 e. The number of rotatable bonds is 6. The maximum atomic E-state index is 13.0. The second-order valence-corrected chi connectivity index (χ2v) is 7.55. The average Bonchev–Trinajstić information content (AvgIpc) is 2.74. The normalized spacial score (nSPS) is 16.1. The molecule has 0 spiro atoms. The molecule has 0 radical (unpaired) electrons. The summed E-state index contributed by atoms with van der Waals surface area (Å²) in [7, 11) is 0. The molecule has 0 aliphatic carbocycles. The Hall–Kier alpha value is -3.06. The van der Waals surface area contributed by atoms with Crippen molar-refractivity contribution >= 4 is 35.1 Å². The Morgan fingerprint density at radius 1 is 1.20 bits per heavy atom. The largest absolute Gasteiger partial charge is 0.482 e. The number of carbonyl (C=O) groups excluding carboxylic acids is 2. The molecule has 2 aromatic carbocycles. The monoisotopic (exact) mass is 430 g/mol. The van der Waals surface area contributed by atoms with E-state index in [1.165, 1.54) is 6.07 Å². The molecule has 1 heterocycles. The highest BCUT2D eigenvalue weighted by Crippen LogP contribution is 2.31. The first kappa shape index (κ1) is 21.6. The van der Waals surface area contributed by atoms with Crippen LogP contribution in [0.15, 0.2) is 42.5 Å². The fourth-order valence-electron chi connectivity index (χ4n) is 3.45. The predicted molar refractivity (Wildman–Crippen MR) is 113 cm³/mol. The summed E-state index contributed by atoms with van der Waals surface area (Å²) in [5.74, 6) is -1.31. The number of halogens is 1. The Kier molecular flexibility index (Phi) is 6.95. The summed E-state index contributed by atoms with van der Waals surface area (Å²) in [5.41, 5.74) is 1.50. The summed E-state index contributed by atoms with van der Waals surface area (Å²) in [6.07, 6.45) is 2.22. The van der Waals surface area contributed by atoms with Gasteiger partial charge in [0.2, 0.25) is 5.91 Å². The maximum Gasteiger partial charge on any atom is 0.341 e. The fourth-order valence-corrected chi connectivity index (χ4v) is 3.72.